The third-order valence-electron chi connectivity index (χ3n) is 1.47. The number of benzene rings is 1. The predicted molar refractivity (Wildman–Crippen MR) is 41.0 cm³/mol. The highest BCUT2D eigenvalue weighted by Gasteiger charge is 2.03. The molecule has 59 valence electrons. The van der Waals surface area contributed by atoms with E-state index >= 15 is 0 Å². The average molecular weight is 152 g/mol. The van der Waals surface area contributed by atoms with Crippen LogP contribution in [0.1, 0.15) is 11.7 Å². The van der Waals surface area contributed by atoms with Gasteiger partial charge in [0.25, 0.3) is 0 Å². The molecular formula is C8H10NO2. The van der Waals surface area contributed by atoms with Crippen LogP contribution in [0, 0.1) is 0 Å². The van der Waals surface area contributed by atoms with E-state index in [2.05, 4.69) is 0 Å². The zero-order valence-corrected chi connectivity index (χ0v) is 5.99. The molecule has 1 aromatic carbocycles. The molecule has 1 aromatic rings. The molecule has 3 nitrogen and oxygen atoms in total. The van der Waals surface area contributed by atoms with E-state index in [0.717, 1.165) is 0 Å². The van der Waals surface area contributed by atoms with E-state index < -0.39 is 6.10 Å². The maximum Gasteiger partial charge on any atom is 0.115 e. The molecule has 0 aliphatic rings. The predicted octanol–water partition coefficient (Wildman–Crippen LogP) is 0.708. The Morgan fingerprint density at radius 1 is 1.27 bits per heavy atom. The molecule has 1 atom stereocenters. The van der Waals surface area contributed by atoms with Gasteiger partial charge in [0.15, 0.2) is 0 Å². The van der Waals surface area contributed by atoms with E-state index in [0.29, 0.717) is 5.56 Å². The molecule has 1 rings (SSSR count). The first-order chi connectivity index (χ1) is 5.24. The topological polar surface area (TPSA) is 64.3 Å². The second-order valence-corrected chi connectivity index (χ2v) is 2.31. The molecule has 0 aromatic heterocycles. The summed E-state index contributed by atoms with van der Waals surface area (Å²) in [4.78, 5) is 0. The summed E-state index contributed by atoms with van der Waals surface area (Å²) in [6.45, 7) is -0.0508. The maximum absolute atomic E-state index is 9.15. The van der Waals surface area contributed by atoms with Crippen LogP contribution in [0.25, 0.3) is 0 Å². The van der Waals surface area contributed by atoms with Crippen LogP contribution in [-0.2, 0) is 0 Å². The van der Waals surface area contributed by atoms with Gasteiger partial charge in [0.2, 0.25) is 0 Å². The molecule has 3 N–H and O–H groups in total. The zero-order chi connectivity index (χ0) is 8.27. The van der Waals surface area contributed by atoms with E-state index in [1.54, 1.807) is 12.1 Å². The average Bonchev–Trinajstić information content (AvgIpc) is 2.05. The molecular weight excluding hydrogens is 142 g/mol. The van der Waals surface area contributed by atoms with Gasteiger partial charge in [-0.05, 0) is 17.7 Å². The van der Waals surface area contributed by atoms with Crippen molar-refractivity contribution in [3.63, 3.8) is 0 Å². The van der Waals surface area contributed by atoms with Gasteiger partial charge >= 0.3 is 0 Å². The second kappa shape index (κ2) is 3.37. The van der Waals surface area contributed by atoms with Gasteiger partial charge in [0, 0.05) is 6.54 Å². The fraction of sp³-hybridized carbons (Fsp3) is 0.250. The van der Waals surface area contributed by atoms with Crippen molar-refractivity contribution in [2.75, 3.05) is 6.54 Å². The van der Waals surface area contributed by atoms with E-state index in [-0.39, 0.29) is 12.3 Å². The van der Waals surface area contributed by atoms with Gasteiger partial charge in [0.05, 0.1) is 6.10 Å². The number of hydrogen-bond acceptors (Lipinski definition) is 2. The van der Waals surface area contributed by atoms with Crippen LogP contribution >= 0.6 is 0 Å². The van der Waals surface area contributed by atoms with Gasteiger partial charge in [0.1, 0.15) is 5.75 Å². The number of phenols is 1. The van der Waals surface area contributed by atoms with Gasteiger partial charge < -0.3 is 10.2 Å². The Labute approximate surface area is 65.1 Å². The zero-order valence-electron chi connectivity index (χ0n) is 5.99. The molecule has 0 fully saturated rings. The SMILES string of the molecule is [NH]CC(O)c1ccc(O)cc1. The quantitative estimate of drug-likeness (QED) is 0.655. The molecule has 0 bridgehead atoms. The molecule has 0 aliphatic heterocycles. The summed E-state index contributed by atoms with van der Waals surface area (Å²) in [7, 11) is 0. The number of nitrogens with one attached hydrogen (secondary N) is 1. The fourth-order valence-corrected chi connectivity index (χ4v) is 0.814. The van der Waals surface area contributed by atoms with Gasteiger partial charge in [-0.3, -0.25) is 5.73 Å². The molecule has 1 radical (unpaired) electrons. The van der Waals surface area contributed by atoms with Crippen LogP contribution in [0.2, 0.25) is 0 Å². The van der Waals surface area contributed by atoms with Crippen molar-refractivity contribution in [1.82, 2.24) is 5.73 Å². The Morgan fingerprint density at radius 2 is 1.82 bits per heavy atom. The Hall–Kier alpha value is -1.06. The summed E-state index contributed by atoms with van der Waals surface area (Å²) >= 11 is 0. The van der Waals surface area contributed by atoms with E-state index in [1.807, 2.05) is 0 Å². The first kappa shape index (κ1) is 8.04. The van der Waals surface area contributed by atoms with Crippen molar-refractivity contribution < 1.29 is 10.2 Å². The molecule has 1 unspecified atom stereocenters. The minimum atomic E-state index is -0.740. The Kier molecular flexibility index (Phi) is 2.46. The number of hydrogen-bond donors (Lipinski definition) is 2. The number of phenolic OH excluding ortho intramolecular Hbond substituents is 1. The van der Waals surface area contributed by atoms with Crippen molar-refractivity contribution in [3.8, 4) is 5.75 Å². The standard InChI is InChI=1S/C8H10NO2/c9-5-8(11)6-1-3-7(10)4-2-6/h1-4,8-11H,5H2. The van der Waals surface area contributed by atoms with Crippen LogP contribution in [0.3, 0.4) is 0 Å². The normalized spacial score (nSPS) is 12.9. The maximum atomic E-state index is 9.15. The first-order valence-electron chi connectivity index (χ1n) is 3.35. The van der Waals surface area contributed by atoms with E-state index in [1.165, 1.54) is 12.1 Å². The summed E-state index contributed by atoms with van der Waals surface area (Å²) in [5.41, 5.74) is 7.55. The lowest BCUT2D eigenvalue weighted by Gasteiger charge is -2.06. The summed E-state index contributed by atoms with van der Waals surface area (Å²) < 4.78 is 0. The molecule has 3 heteroatoms. The summed E-state index contributed by atoms with van der Waals surface area (Å²) in [6.07, 6.45) is -0.740. The van der Waals surface area contributed by atoms with Gasteiger partial charge in [-0.2, -0.15) is 0 Å². The number of aliphatic hydroxyl groups is 1. The highest BCUT2D eigenvalue weighted by atomic mass is 16.3. The molecule has 11 heavy (non-hydrogen) atoms. The Balaban J connectivity index is 2.81. The van der Waals surface area contributed by atoms with Crippen molar-refractivity contribution in [2.24, 2.45) is 0 Å². The highest BCUT2D eigenvalue weighted by molar-refractivity contribution is 5.27. The van der Waals surface area contributed by atoms with Crippen LogP contribution in [-0.4, -0.2) is 16.8 Å². The minimum absolute atomic E-state index is 0.0508. The van der Waals surface area contributed by atoms with Gasteiger partial charge in [-0.1, -0.05) is 12.1 Å². The molecule has 0 heterocycles. The van der Waals surface area contributed by atoms with E-state index in [4.69, 9.17) is 15.9 Å². The smallest absolute Gasteiger partial charge is 0.115 e. The Morgan fingerprint density at radius 3 is 2.27 bits per heavy atom. The number of rotatable bonds is 2. The highest BCUT2D eigenvalue weighted by Crippen LogP contribution is 2.15. The fourth-order valence-electron chi connectivity index (χ4n) is 0.814. The van der Waals surface area contributed by atoms with Crippen LogP contribution in [0.4, 0.5) is 0 Å². The van der Waals surface area contributed by atoms with Crippen LogP contribution in [0.5, 0.6) is 5.75 Å². The minimum Gasteiger partial charge on any atom is -0.508 e. The van der Waals surface area contributed by atoms with Gasteiger partial charge in [-0.15, -0.1) is 0 Å². The van der Waals surface area contributed by atoms with Crippen molar-refractivity contribution in [2.45, 2.75) is 6.10 Å². The van der Waals surface area contributed by atoms with Crippen molar-refractivity contribution >= 4 is 0 Å². The van der Waals surface area contributed by atoms with Crippen LogP contribution in [0.15, 0.2) is 24.3 Å². The first-order valence-corrected chi connectivity index (χ1v) is 3.35. The molecule has 0 saturated carbocycles. The van der Waals surface area contributed by atoms with Crippen molar-refractivity contribution in [3.05, 3.63) is 29.8 Å². The lowest BCUT2D eigenvalue weighted by atomic mass is 10.1. The second-order valence-electron chi connectivity index (χ2n) is 2.31. The lowest BCUT2D eigenvalue weighted by molar-refractivity contribution is 0.185. The summed E-state index contributed by atoms with van der Waals surface area (Å²) in [5.74, 6) is 0.172. The van der Waals surface area contributed by atoms with E-state index in [9.17, 15) is 0 Å². The molecule has 0 spiro atoms. The van der Waals surface area contributed by atoms with Crippen LogP contribution < -0.4 is 5.73 Å². The molecule has 0 saturated heterocycles. The largest absolute Gasteiger partial charge is 0.508 e. The summed E-state index contributed by atoms with van der Waals surface area (Å²) in [6, 6.07) is 6.20. The number of aromatic hydroxyl groups is 1. The van der Waals surface area contributed by atoms with Gasteiger partial charge in [-0.25, -0.2) is 0 Å². The third kappa shape index (κ3) is 1.93. The summed E-state index contributed by atoms with van der Waals surface area (Å²) in [5, 5.41) is 18.0. The lowest BCUT2D eigenvalue weighted by Crippen LogP contribution is -2.02. The monoisotopic (exact) mass is 152 g/mol. The van der Waals surface area contributed by atoms with Crippen molar-refractivity contribution in [1.29, 1.82) is 0 Å². The Bertz CT molecular complexity index is 220. The third-order valence-corrected chi connectivity index (χ3v) is 1.47. The number of aliphatic hydroxyl groups excluding tert-OH is 1. The molecule has 0 amide bonds. The molecule has 0 aliphatic carbocycles.